The van der Waals surface area contributed by atoms with Gasteiger partial charge >= 0.3 is 0 Å². The number of aromatic nitrogens is 4. The molecule has 3 aromatic heterocycles. The van der Waals surface area contributed by atoms with Crippen LogP contribution in [0.4, 0.5) is 21.8 Å². The van der Waals surface area contributed by atoms with E-state index in [-0.39, 0.29) is 11.9 Å². The van der Waals surface area contributed by atoms with Crippen LogP contribution in [0, 0.1) is 5.95 Å². The lowest BCUT2D eigenvalue weighted by Crippen LogP contribution is -2.53. The zero-order valence-corrected chi connectivity index (χ0v) is 17.2. The number of amides is 1. The number of anilines is 3. The van der Waals surface area contributed by atoms with Gasteiger partial charge in [0.15, 0.2) is 0 Å². The summed E-state index contributed by atoms with van der Waals surface area (Å²) in [7, 11) is 1.51. The molecule has 1 fully saturated rings. The van der Waals surface area contributed by atoms with E-state index in [2.05, 4.69) is 37.1 Å². The van der Waals surface area contributed by atoms with E-state index in [0.717, 1.165) is 0 Å². The van der Waals surface area contributed by atoms with Crippen LogP contribution in [0.15, 0.2) is 48.9 Å². The molecule has 3 aromatic rings. The summed E-state index contributed by atoms with van der Waals surface area (Å²) < 4.78 is 18.4. The molecule has 1 aliphatic rings. The lowest BCUT2D eigenvalue weighted by atomic mass is 10.2. The van der Waals surface area contributed by atoms with Crippen LogP contribution in [0.2, 0.25) is 0 Å². The number of hydrogen-bond donors (Lipinski definition) is 1. The SMILES string of the molecule is COc1ccc(C(=O)Nc2cnc(N3CCN(c4cccc(F)n4)C[C@@H]3C)nc2)cn1. The van der Waals surface area contributed by atoms with Crippen LogP contribution in [-0.2, 0) is 0 Å². The molecule has 0 spiro atoms. The van der Waals surface area contributed by atoms with Crippen LogP contribution in [0.5, 0.6) is 5.88 Å². The second kappa shape index (κ2) is 8.90. The maximum Gasteiger partial charge on any atom is 0.257 e. The molecule has 0 bridgehead atoms. The van der Waals surface area contributed by atoms with Crippen molar-refractivity contribution in [2.75, 3.05) is 41.9 Å². The zero-order valence-electron chi connectivity index (χ0n) is 17.2. The highest BCUT2D eigenvalue weighted by Gasteiger charge is 2.26. The first-order valence-corrected chi connectivity index (χ1v) is 9.81. The van der Waals surface area contributed by atoms with Gasteiger partial charge in [0.25, 0.3) is 5.91 Å². The van der Waals surface area contributed by atoms with Crippen molar-refractivity contribution in [2.24, 2.45) is 0 Å². The predicted octanol–water partition coefficient (Wildman–Crippen LogP) is 2.38. The lowest BCUT2D eigenvalue weighted by Gasteiger charge is -2.40. The van der Waals surface area contributed by atoms with Crippen LogP contribution in [0.3, 0.4) is 0 Å². The third-order valence-electron chi connectivity index (χ3n) is 5.01. The summed E-state index contributed by atoms with van der Waals surface area (Å²) in [4.78, 5) is 33.3. The first kappa shape index (κ1) is 20.5. The number of halogens is 1. The van der Waals surface area contributed by atoms with E-state index < -0.39 is 5.95 Å². The van der Waals surface area contributed by atoms with Gasteiger partial charge in [-0.2, -0.15) is 4.39 Å². The molecular weight excluding hydrogens is 401 g/mol. The molecule has 0 unspecified atom stereocenters. The Bertz CT molecular complexity index is 1050. The monoisotopic (exact) mass is 423 g/mol. The van der Waals surface area contributed by atoms with Gasteiger partial charge in [-0.1, -0.05) is 6.07 Å². The Kier molecular flexibility index (Phi) is 5.87. The second-order valence-electron chi connectivity index (χ2n) is 7.12. The van der Waals surface area contributed by atoms with Crippen molar-refractivity contribution in [3.8, 4) is 5.88 Å². The topological polar surface area (TPSA) is 96.4 Å². The van der Waals surface area contributed by atoms with Crippen molar-refractivity contribution in [3.63, 3.8) is 0 Å². The molecule has 1 amide bonds. The minimum atomic E-state index is -0.487. The van der Waals surface area contributed by atoms with Crippen molar-refractivity contribution in [1.82, 2.24) is 19.9 Å². The van der Waals surface area contributed by atoms with Crippen LogP contribution in [0.25, 0.3) is 0 Å². The molecule has 1 N–H and O–H groups in total. The first-order chi connectivity index (χ1) is 15.0. The van der Waals surface area contributed by atoms with Gasteiger partial charge in [0.05, 0.1) is 30.8 Å². The number of nitrogens with zero attached hydrogens (tertiary/aromatic N) is 6. The van der Waals surface area contributed by atoms with E-state index in [9.17, 15) is 9.18 Å². The third-order valence-corrected chi connectivity index (χ3v) is 5.01. The normalized spacial score (nSPS) is 16.2. The fourth-order valence-electron chi connectivity index (χ4n) is 3.41. The molecule has 4 heterocycles. The fraction of sp³-hybridized carbons (Fsp3) is 0.286. The number of hydrogen-bond acceptors (Lipinski definition) is 8. The predicted molar refractivity (Wildman–Crippen MR) is 114 cm³/mol. The van der Waals surface area contributed by atoms with Gasteiger partial charge in [-0.3, -0.25) is 4.79 Å². The Morgan fingerprint density at radius 2 is 1.94 bits per heavy atom. The summed E-state index contributed by atoms with van der Waals surface area (Å²) in [5, 5.41) is 2.76. The molecule has 1 aliphatic heterocycles. The number of carbonyl (C=O) groups is 1. The molecule has 0 saturated carbocycles. The van der Waals surface area contributed by atoms with Crippen LogP contribution < -0.4 is 19.9 Å². The minimum Gasteiger partial charge on any atom is -0.481 e. The average Bonchev–Trinajstić information content (AvgIpc) is 2.80. The molecule has 1 saturated heterocycles. The zero-order chi connectivity index (χ0) is 21.8. The Balaban J connectivity index is 1.38. The summed E-state index contributed by atoms with van der Waals surface area (Å²) in [6.07, 6.45) is 4.59. The highest BCUT2D eigenvalue weighted by Crippen LogP contribution is 2.21. The third kappa shape index (κ3) is 4.68. The van der Waals surface area contributed by atoms with Gasteiger partial charge in [-0.25, -0.2) is 19.9 Å². The number of pyridine rings is 2. The molecular formula is C21H22FN7O2. The van der Waals surface area contributed by atoms with Crippen molar-refractivity contribution in [2.45, 2.75) is 13.0 Å². The maximum absolute atomic E-state index is 13.4. The number of nitrogens with one attached hydrogen (secondary N) is 1. The van der Waals surface area contributed by atoms with E-state index in [4.69, 9.17) is 4.74 Å². The number of ether oxygens (including phenoxy) is 1. The highest BCUT2D eigenvalue weighted by molar-refractivity contribution is 6.03. The summed E-state index contributed by atoms with van der Waals surface area (Å²) in [6.45, 7) is 4.07. The van der Waals surface area contributed by atoms with Crippen molar-refractivity contribution in [3.05, 3.63) is 60.4 Å². The van der Waals surface area contributed by atoms with Crippen LogP contribution >= 0.6 is 0 Å². The summed E-state index contributed by atoms with van der Waals surface area (Å²) in [5.74, 6) is 0.837. The van der Waals surface area contributed by atoms with Crippen molar-refractivity contribution >= 4 is 23.4 Å². The van der Waals surface area contributed by atoms with E-state index >= 15 is 0 Å². The molecule has 0 aromatic carbocycles. The fourth-order valence-corrected chi connectivity index (χ4v) is 3.41. The van der Waals surface area contributed by atoms with Crippen LogP contribution in [0.1, 0.15) is 17.3 Å². The Morgan fingerprint density at radius 3 is 2.58 bits per heavy atom. The Labute approximate surface area is 178 Å². The summed E-state index contributed by atoms with van der Waals surface area (Å²) in [5.41, 5.74) is 0.889. The van der Waals surface area contributed by atoms with Gasteiger partial charge in [-0.15, -0.1) is 0 Å². The number of rotatable bonds is 5. The smallest absolute Gasteiger partial charge is 0.257 e. The average molecular weight is 423 g/mol. The quantitative estimate of drug-likeness (QED) is 0.625. The van der Waals surface area contributed by atoms with Gasteiger partial charge in [0.1, 0.15) is 5.82 Å². The van der Waals surface area contributed by atoms with E-state index in [0.29, 0.717) is 48.5 Å². The lowest BCUT2D eigenvalue weighted by molar-refractivity contribution is 0.102. The van der Waals surface area contributed by atoms with Gasteiger partial charge < -0.3 is 19.9 Å². The highest BCUT2D eigenvalue weighted by atomic mass is 19.1. The molecule has 0 aliphatic carbocycles. The summed E-state index contributed by atoms with van der Waals surface area (Å²) >= 11 is 0. The first-order valence-electron chi connectivity index (χ1n) is 9.81. The minimum absolute atomic E-state index is 0.102. The van der Waals surface area contributed by atoms with Gasteiger partial charge in [-0.05, 0) is 25.1 Å². The number of carbonyl (C=O) groups excluding carboxylic acids is 1. The Hall–Kier alpha value is -3.82. The number of methoxy groups -OCH3 is 1. The Morgan fingerprint density at radius 1 is 1.13 bits per heavy atom. The van der Waals surface area contributed by atoms with E-state index in [1.807, 2.05) is 4.90 Å². The second-order valence-corrected chi connectivity index (χ2v) is 7.12. The molecule has 160 valence electrons. The number of piperazine rings is 1. The van der Waals surface area contributed by atoms with Gasteiger partial charge in [0, 0.05) is 37.9 Å². The molecule has 1 atom stereocenters. The molecule has 10 heteroatoms. The molecule has 4 rings (SSSR count). The van der Waals surface area contributed by atoms with Crippen molar-refractivity contribution < 1.29 is 13.9 Å². The molecule has 9 nitrogen and oxygen atoms in total. The van der Waals surface area contributed by atoms with E-state index in [1.165, 1.54) is 19.4 Å². The largest absolute Gasteiger partial charge is 0.481 e. The van der Waals surface area contributed by atoms with Crippen LogP contribution in [-0.4, -0.2) is 58.6 Å². The molecule has 0 radical (unpaired) electrons. The summed E-state index contributed by atoms with van der Waals surface area (Å²) in [6, 6.07) is 8.15. The van der Waals surface area contributed by atoms with Crippen molar-refractivity contribution in [1.29, 1.82) is 0 Å². The maximum atomic E-state index is 13.4. The van der Waals surface area contributed by atoms with E-state index in [1.54, 1.807) is 36.7 Å². The molecule has 31 heavy (non-hydrogen) atoms. The standard InChI is InChI=1S/C21H22FN7O2/c1-14-13-28(18-5-3-4-17(22)27-18)8-9-29(14)21-24-11-16(12-25-21)26-20(30)15-6-7-19(31-2)23-10-15/h3-7,10-12,14H,8-9,13H2,1-2H3,(H,26,30)/t14-/m0/s1. The van der Waals surface area contributed by atoms with Gasteiger partial charge in [0.2, 0.25) is 17.8 Å².